The highest BCUT2D eigenvalue weighted by Crippen LogP contribution is 2.35. The van der Waals surface area contributed by atoms with Crippen LogP contribution < -0.4 is 5.32 Å². The first-order valence-electron chi connectivity index (χ1n) is 6.64. The fourth-order valence-corrected chi connectivity index (χ4v) is 3.66. The van der Waals surface area contributed by atoms with Gasteiger partial charge < -0.3 is 5.32 Å². The van der Waals surface area contributed by atoms with Gasteiger partial charge in [0.2, 0.25) is 0 Å². The minimum atomic E-state index is 0.494. The average Bonchev–Trinajstić information content (AvgIpc) is 2.79. The first-order valence-corrected chi connectivity index (χ1v) is 7.43. The maximum atomic E-state index is 3.70. The van der Waals surface area contributed by atoms with Crippen molar-refractivity contribution in [3.8, 4) is 0 Å². The molecule has 1 aliphatic rings. The fourth-order valence-electron chi connectivity index (χ4n) is 2.89. The molecule has 2 heteroatoms. The maximum absolute atomic E-state index is 3.70. The largest absolute Gasteiger partial charge is 0.313 e. The molecule has 0 spiro atoms. The lowest BCUT2D eigenvalue weighted by Gasteiger charge is -2.22. The molecular formula is C15H22BrN. The second-order valence-corrected chi connectivity index (χ2v) is 6.11. The van der Waals surface area contributed by atoms with E-state index in [4.69, 9.17) is 0 Å². The SMILES string of the molecule is CNC(CC1CCCC1)c1ccc(C)cc1Br. The number of aryl methyl sites for hydroxylation is 1. The molecule has 0 saturated heterocycles. The molecule has 0 radical (unpaired) electrons. The Kier molecular flexibility index (Phi) is 4.63. The lowest BCUT2D eigenvalue weighted by molar-refractivity contribution is 0.412. The molecule has 0 bridgehead atoms. The van der Waals surface area contributed by atoms with Gasteiger partial charge in [0.15, 0.2) is 0 Å². The second-order valence-electron chi connectivity index (χ2n) is 5.25. The van der Waals surface area contributed by atoms with Gasteiger partial charge in [0.1, 0.15) is 0 Å². The molecule has 1 aromatic rings. The van der Waals surface area contributed by atoms with Gasteiger partial charge in [0, 0.05) is 10.5 Å². The monoisotopic (exact) mass is 295 g/mol. The van der Waals surface area contributed by atoms with E-state index in [9.17, 15) is 0 Å². The van der Waals surface area contributed by atoms with E-state index < -0.39 is 0 Å². The van der Waals surface area contributed by atoms with Crippen molar-refractivity contribution in [2.45, 2.75) is 45.1 Å². The minimum absolute atomic E-state index is 0.494. The van der Waals surface area contributed by atoms with Crippen LogP contribution in [0.25, 0.3) is 0 Å². The van der Waals surface area contributed by atoms with Crippen LogP contribution in [-0.4, -0.2) is 7.05 Å². The van der Waals surface area contributed by atoms with Crippen molar-refractivity contribution in [3.05, 3.63) is 33.8 Å². The molecule has 17 heavy (non-hydrogen) atoms. The Morgan fingerprint density at radius 1 is 1.35 bits per heavy atom. The van der Waals surface area contributed by atoms with Gasteiger partial charge >= 0.3 is 0 Å². The van der Waals surface area contributed by atoms with Crippen molar-refractivity contribution in [2.75, 3.05) is 7.05 Å². The number of halogens is 1. The zero-order valence-corrected chi connectivity index (χ0v) is 12.4. The standard InChI is InChI=1S/C15H22BrN/c1-11-7-8-13(14(16)9-11)15(17-2)10-12-5-3-4-6-12/h7-9,12,15,17H,3-6,10H2,1-2H3. The maximum Gasteiger partial charge on any atom is 0.0331 e. The van der Waals surface area contributed by atoms with E-state index in [1.165, 1.54) is 47.7 Å². The summed E-state index contributed by atoms with van der Waals surface area (Å²) in [5, 5.41) is 3.48. The summed E-state index contributed by atoms with van der Waals surface area (Å²) < 4.78 is 1.25. The van der Waals surface area contributed by atoms with Crippen LogP contribution in [0, 0.1) is 12.8 Å². The van der Waals surface area contributed by atoms with Gasteiger partial charge in [-0.25, -0.2) is 0 Å². The van der Waals surface area contributed by atoms with Gasteiger partial charge in [0.05, 0.1) is 0 Å². The number of nitrogens with one attached hydrogen (secondary N) is 1. The normalized spacial score (nSPS) is 18.5. The van der Waals surface area contributed by atoms with Crippen LogP contribution in [0.3, 0.4) is 0 Å². The fraction of sp³-hybridized carbons (Fsp3) is 0.600. The zero-order valence-electron chi connectivity index (χ0n) is 10.8. The third-order valence-corrected chi connectivity index (χ3v) is 4.61. The molecule has 1 atom stereocenters. The Morgan fingerprint density at radius 3 is 2.65 bits per heavy atom. The molecule has 1 saturated carbocycles. The number of benzene rings is 1. The van der Waals surface area contributed by atoms with Crippen LogP contribution in [-0.2, 0) is 0 Å². The van der Waals surface area contributed by atoms with E-state index in [-0.39, 0.29) is 0 Å². The van der Waals surface area contributed by atoms with Gasteiger partial charge in [-0.05, 0) is 43.5 Å². The summed E-state index contributed by atoms with van der Waals surface area (Å²) in [6, 6.07) is 7.18. The van der Waals surface area contributed by atoms with E-state index in [2.05, 4.69) is 53.4 Å². The highest BCUT2D eigenvalue weighted by atomic mass is 79.9. The Bertz CT molecular complexity index is 369. The van der Waals surface area contributed by atoms with Crippen molar-refractivity contribution in [3.63, 3.8) is 0 Å². The van der Waals surface area contributed by atoms with Gasteiger partial charge in [-0.15, -0.1) is 0 Å². The predicted octanol–water partition coefficient (Wildman–Crippen LogP) is 4.60. The summed E-state index contributed by atoms with van der Waals surface area (Å²) in [5.74, 6) is 0.917. The molecule has 1 fully saturated rings. The molecule has 0 aromatic heterocycles. The Hall–Kier alpha value is -0.340. The number of hydrogen-bond acceptors (Lipinski definition) is 1. The molecule has 94 valence electrons. The lowest BCUT2D eigenvalue weighted by Crippen LogP contribution is -2.19. The van der Waals surface area contributed by atoms with Gasteiger partial charge in [-0.2, -0.15) is 0 Å². The highest BCUT2D eigenvalue weighted by molar-refractivity contribution is 9.10. The summed E-state index contributed by atoms with van der Waals surface area (Å²) in [5.41, 5.74) is 2.72. The van der Waals surface area contributed by atoms with Crippen LogP contribution in [0.1, 0.15) is 49.3 Å². The molecule has 0 heterocycles. The summed E-state index contributed by atoms with van der Waals surface area (Å²) in [7, 11) is 2.08. The quantitative estimate of drug-likeness (QED) is 0.856. The van der Waals surface area contributed by atoms with Crippen molar-refractivity contribution in [1.82, 2.24) is 5.32 Å². The van der Waals surface area contributed by atoms with Crippen LogP contribution >= 0.6 is 15.9 Å². The molecular weight excluding hydrogens is 274 g/mol. The first-order chi connectivity index (χ1) is 8.20. The van der Waals surface area contributed by atoms with Gasteiger partial charge in [-0.1, -0.05) is 53.7 Å². The summed E-state index contributed by atoms with van der Waals surface area (Å²) in [4.78, 5) is 0. The van der Waals surface area contributed by atoms with Crippen LogP contribution in [0.2, 0.25) is 0 Å². The third kappa shape index (κ3) is 3.32. The molecule has 0 aliphatic heterocycles. The highest BCUT2D eigenvalue weighted by Gasteiger charge is 2.21. The Morgan fingerprint density at radius 2 is 2.06 bits per heavy atom. The molecule has 0 amide bonds. The molecule has 1 aliphatic carbocycles. The summed E-state index contributed by atoms with van der Waals surface area (Å²) in [6.45, 7) is 2.14. The zero-order chi connectivity index (χ0) is 12.3. The number of hydrogen-bond donors (Lipinski definition) is 1. The van der Waals surface area contributed by atoms with Crippen LogP contribution in [0.15, 0.2) is 22.7 Å². The first kappa shape index (κ1) is 13.1. The topological polar surface area (TPSA) is 12.0 Å². The van der Waals surface area contributed by atoms with Crippen molar-refractivity contribution < 1.29 is 0 Å². The van der Waals surface area contributed by atoms with Gasteiger partial charge in [-0.3, -0.25) is 0 Å². The van der Waals surface area contributed by atoms with E-state index in [1.807, 2.05) is 0 Å². The summed E-state index contributed by atoms with van der Waals surface area (Å²) >= 11 is 3.70. The molecule has 2 rings (SSSR count). The minimum Gasteiger partial charge on any atom is -0.313 e. The smallest absolute Gasteiger partial charge is 0.0331 e. The van der Waals surface area contributed by atoms with Gasteiger partial charge in [0.25, 0.3) is 0 Å². The lowest BCUT2D eigenvalue weighted by atomic mass is 9.93. The van der Waals surface area contributed by atoms with E-state index in [0.29, 0.717) is 6.04 Å². The van der Waals surface area contributed by atoms with E-state index in [0.717, 1.165) is 5.92 Å². The van der Waals surface area contributed by atoms with Crippen molar-refractivity contribution >= 4 is 15.9 Å². The Labute approximate surface area is 113 Å². The second kappa shape index (κ2) is 6.01. The molecule has 1 nitrogen and oxygen atoms in total. The average molecular weight is 296 g/mol. The van der Waals surface area contributed by atoms with Crippen molar-refractivity contribution in [1.29, 1.82) is 0 Å². The number of rotatable bonds is 4. The van der Waals surface area contributed by atoms with E-state index in [1.54, 1.807) is 0 Å². The predicted molar refractivity (Wildman–Crippen MR) is 77.3 cm³/mol. The van der Waals surface area contributed by atoms with E-state index >= 15 is 0 Å². The molecule has 1 aromatic carbocycles. The van der Waals surface area contributed by atoms with Crippen LogP contribution in [0.4, 0.5) is 0 Å². The third-order valence-electron chi connectivity index (χ3n) is 3.92. The van der Waals surface area contributed by atoms with Crippen molar-refractivity contribution in [2.24, 2.45) is 5.92 Å². The molecule has 1 N–H and O–H groups in total. The summed E-state index contributed by atoms with van der Waals surface area (Å²) in [6.07, 6.45) is 6.97. The molecule has 1 unspecified atom stereocenters. The Balaban J connectivity index is 2.10. The van der Waals surface area contributed by atoms with Crippen LogP contribution in [0.5, 0.6) is 0 Å².